The van der Waals surface area contributed by atoms with E-state index in [0.29, 0.717) is 12.8 Å². The Hall–Kier alpha value is -2.54. The van der Waals surface area contributed by atoms with Crippen molar-refractivity contribution in [2.24, 2.45) is 0 Å². The number of ether oxygens (including phenoxy) is 1. The first-order valence-corrected chi connectivity index (χ1v) is 6.44. The molecule has 0 aliphatic carbocycles. The van der Waals surface area contributed by atoms with E-state index in [1.54, 1.807) is 7.11 Å². The monoisotopic (exact) mass is 269 g/mol. The van der Waals surface area contributed by atoms with Gasteiger partial charge in [-0.05, 0) is 47.4 Å². The van der Waals surface area contributed by atoms with Crippen LogP contribution in [-0.2, 0) is 6.42 Å². The van der Waals surface area contributed by atoms with E-state index in [2.05, 4.69) is 24.0 Å². The van der Waals surface area contributed by atoms with Crippen molar-refractivity contribution in [3.05, 3.63) is 58.4 Å². The zero-order valence-electron chi connectivity index (χ0n) is 11.6. The molecule has 102 valence electrons. The molecule has 0 aliphatic heterocycles. The van der Waals surface area contributed by atoms with Crippen molar-refractivity contribution in [1.82, 2.24) is 0 Å². The molecular weight excluding hydrogens is 252 g/mol. The van der Waals surface area contributed by atoms with Gasteiger partial charge in [0.2, 0.25) is 5.39 Å². The number of aryl methyl sites for hydroxylation is 2. The normalized spacial score (nSPS) is 11.3. The van der Waals surface area contributed by atoms with Gasteiger partial charge in [-0.25, -0.2) is 0 Å². The van der Waals surface area contributed by atoms with Crippen molar-refractivity contribution in [2.45, 2.75) is 19.8 Å². The number of diazo groups is 1. The van der Waals surface area contributed by atoms with E-state index < -0.39 is 0 Å². The molecular formula is C16H17N2O2+. The Morgan fingerprint density at radius 1 is 1.35 bits per heavy atom. The van der Waals surface area contributed by atoms with Crippen LogP contribution in [0.15, 0.2) is 42.3 Å². The second kappa shape index (κ2) is 6.07. The highest BCUT2D eigenvalue weighted by atomic mass is 16.5. The van der Waals surface area contributed by atoms with Crippen LogP contribution in [0.3, 0.4) is 0 Å². The summed E-state index contributed by atoms with van der Waals surface area (Å²) in [7, 11) is 1.65. The highest BCUT2D eigenvalue weighted by Crippen LogP contribution is 2.27. The number of allylic oxidation sites excluding steroid dienone is 1. The van der Waals surface area contributed by atoms with Gasteiger partial charge in [0.1, 0.15) is 5.75 Å². The van der Waals surface area contributed by atoms with E-state index in [4.69, 9.17) is 10.1 Å². The van der Waals surface area contributed by atoms with Crippen molar-refractivity contribution in [2.75, 3.05) is 7.11 Å². The van der Waals surface area contributed by atoms with Crippen LogP contribution in [0, 0.1) is 12.3 Å². The Bertz CT molecular complexity index is 699. The fourth-order valence-corrected chi connectivity index (χ4v) is 2.29. The van der Waals surface area contributed by atoms with Crippen molar-refractivity contribution in [3.8, 4) is 5.75 Å². The lowest BCUT2D eigenvalue weighted by molar-refractivity contribution is 0.388. The molecule has 0 unspecified atom stereocenters. The second-order valence-electron chi connectivity index (χ2n) is 4.67. The fourth-order valence-electron chi connectivity index (χ4n) is 2.29. The van der Waals surface area contributed by atoms with Crippen molar-refractivity contribution in [3.63, 3.8) is 0 Å². The molecule has 0 saturated heterocycles. The van der Waals surface area contributed by atoms with Crippen LogP contribution in [0.1, 0.15) is 17.5 Å². The topological polar surface area (TPSA) is 57.6 Å². The molecule has 4 heteroatoms. The lowest BCUT2D eigenvalue weighted by Gasteiger charge is -2.10. The van der Waals surface area contributed by atoms with E-state index in [1.807, 2.05) is 18.2 Å². The first-order valence-electron chi connectivity index (χ1n) is 6.44. The zero-order valence-corrected chi connectivity index (χ0v) is 11.6. The Labute approximate surface area is 117 Å². The molecule has 0 bridgehead atoms. The van der Waals surface area contributed by atoms with Gasteiger partial charge in [0.05, 0.1) is 7.11 Å². The Balaban J connectivity index is 2.33. The molecule has 2 aromatic rings. The number of nitrogens with zero attached hydrogens (tertiary/aromatic N) is 2. The summed E-state index contributed by atoms with van der Waals surface area (Å²) in [6, 6.07) is 10.1. The van der Waals surface area contributed by atoms with Crippen LogP contribution in [0.5, 0.6) is 5.75 Å². The Kier molecular flexibility index (Phi) is 4.21. The summed E-state index contributed by atoms with van der Waals surface area (Å²) in [6.07, 6.45) is 2.19. The van der Waals surface area contributed by atoms with Crippen LogP contribution in [0.25, 0.3) is 15.7 Å². The van der Waals surface area contributed by atoms with Gasteiger partial charge in [0.15, 0.2) is 10.7 Å². The van der Waals surface area contributed by atoms with Gasteiger partial charge < -0.3 is 9.84 Å². The van der Waals surface area contributed by atoms with Crippen LogP contribution >= 0.6 is 0 Å². The predicted octanol–water partition coefficient (Wildman–Crippen LogP) is 4.34. The van der Waals surface area contributed by atoms with Crippen LogP contribution < -0.4 is 4.74 Å². The number of benzene rings is 2. The molecule has 0 atom stereocenters. The molecule has 0 aromatic heterocycles. The molecule has 0 heterocycles. The predicted molar refractivity (Wildman–Crippen MR) is 79.4 cm³/mol. The number of aliphatic hydroxyl groups excluding tert-OH is 1. The number of hydrogen-bond donors (Lipinski definition) is 1. The Morgan fingerprint density at radius 2 is 2.10 bits per heavy atom. The third-order valence-corrected chi connectivity index (χ3v) is 3.47. The zero-order chi connectivity index (χ0) is 14.5. The number of aliphatic hydroxyl groups is 1. The second-order valence-corrected chi connectivity index (χ2v) is 4.67. The third kappa shape index (κ3) is 2.89. The maximum atomic E-state index is 9.48. The minimum Gasteiger partial charge on any atom is -0.505 e. The van der Waals surface area contributed by atoms with E-state index in [1.165, 1.54) is 5.56 Å². The number of hydrogen-bond acceptors (Lipinski definition) is 3. The van der Waals surface area contributed by atoms with Crippen LogP contribution in [-0.4, -0.2) is 12.2 Å². The minimum atomic E-state index is 0.0673. The number of methoxy groups -OCH3 is 1. The average Bonchev–Trinajstić information content (AvgIpc) is 2.46. The molecule has 0 aliphatic rings. The Morgan fingerprint density at radius 3 is 2.80 bits per heavy atom. The van der Waals surface area contributed by atoms with E-state index in [-0.39, 0.29) is 5.76 Å². The maximum Gasteiger partial charge on any atom is 0.387 e. The molecule has 0 spiro atoms. The summed E-state index contributed by atoms with van der Waals surface area (Å²) in [6.45, 7) is 2.06. The summed E-state index contributed by atoms with van der Waals surface area (Å²) in [4.78, 5) is 2.81. The van der Waals surface area contributed by atoms with E-state index in [0.717, 1.165) is 28.3 Å². The molecule has 4 nitrogen and oxygen atoms in total. The third-order valence-electron chi connectivity index (χ3n) is 3.47. The molecule has 1 N–H and O–H groups in total. The summed E-state index contributed by atoms with van der Waals surface area (Å²) in [5, 5.41) is 20.2. The maximum absolute atomic E-state index is 9.48. The molecule has 0 radical (unpaired) electrons. The average molecular weight is 269 g/mol. The molecule has 0 fully saturated rings. The van der Waals surface area contributed by atoms with Gasteiger partial charge in [-0.2, -0.15) is 0 Å². The van der Waals surface area contributed by atoms with Gasteiger partial charge >= 0.3 is 6.20 Å². The lowest BCUT2D eigenvalue weighted by atomic mass is 9.97. The minimum absolute atomic E-state index is 0.0673. The SMILES string of the molecule is COc1ccc2ccc(CC/C(O)=C\[N+]#N)c(C)c2c1. The van der Waals surface area contributed by atoms with Gasteiger partial charge in [-0.3, -0.25) is 0 Å². The largest absolute Gasteiger partial charge is 0.505 e. The smallest absolute Gasteiger partial charge is 0.387 e. The van der Waals surface area contributed by atoms with Crippen LogP contribution in [0.2, 0.25) is 0 Å². The van der Waals surface area contributed by atoms with Crippen molar-refractivity contribution >= 4 is 10.8 Å². The quantitative estimate of drug-likeness (QED) is 0.663. The van der Waals surface area contributed by atoms with Gasteiger partial charge in [-0.1, -0.05) is 18.2 Å². The van der Waals surface area contributed by atoms with Gasteiger partial charge in [0.25, 0.3) is 0 Å². The first kappa shape index (κ1) is 13.9. The standard InChI is InChI=1S/C16H16N2O2/c1-11-12(5-7-14(19)10-18-17)3-4-13-6-8-15(20-2)9-16(11)13/h3-4,6,8-10H,5,7H2,1-2H3/p+1/b14-10+. The van der Waals surface area contributed by atoms with Gasteiger partial charge in [0, 0.05) is 6.42 Å². The highest BCUT2D eigenvalue weighted by molar-refractivity contribution is 5.87. The number of rotatable bonds is 4. The summed E-state index contributed by atoms with van der Waals surface area (Å²) in [5.41, 5.74) is 2.33. The summed E-state index contributed by atoms with van der Waals surface area (Å²) >= 11 is 0. The number of fused-ring (bicyclic) bond motifs is 1. The molecule has 0 saturated carbocycles. The fraction of sp³-hybridized carbons (Fsp3) is 0.250. The van der Waals surface area contributed by atoms with E-state index >= 15 is 0 Å². The molecule has 2 aromatic carbocycles. The molecule has 20 heavy (non-hydrogen) atoms. The van der Waals surface area contributed by atoms with Crippen molar-refractivity contribution in [1.29, 1.82) is 5.39 Å². The first-order chi connectivity index (χ1) is 9.65. The highest BCUT2D eigenvalue weighted by Gasteiger charge is 2.07. The lowest BCUT2D eigenvalue weighted by Crippen LogP contribution is -1.93. The van der Waals surface area contributed by atoms with Crippen LogP contribution in [0.4, 0.5) is 0 Å². The molecule has 0 amide bonds. The van der Waals surface area contributed by atoms with E-state index in [9.17, 15) is 5.11 Å². The molecule has 2 rings (SSSR count). The summed E-state index contributed by atoms with van der Waals surface area (Å²) in [5.74, 6) is 0.900. The van der Waals surface area contributed by atoms with Crippen molar-refractivity contribution < 1.29 is 9.84 Å². The summed E-state index contributed by atoms with van der Waals surface area (Å²) < 4.78 is 5.26. The van der Waals surface area contributed by atoms with Gasteiger partial charge in [-0.15, -0.1) is 0 Å².